The SMILES string of the molecule is C=CCOC(OC1CCCCO1)C1CCCCN1C=O.C=O.CC.CN.CNc1ccc(-c2cc(C(=O)NCCN)n(C)c2)cc1.COc1cc(C)c(NC=O)cc1OCCCc1cc(C=O)n(C)c1. The van der Waals surface area contributed by atoms with Gasteiger partial charge in [-0.25, -0.2) is 0 Å². The van der Waals surface area contributed by atoms with Crippen LogP contribution in [-0.2, 0) is 49.1 Å². The van der Waals surface area contributed by atoms with Crippen LogP contribution < -0.4 is 36.9 Å². The lowest BCUT2D eigenvalue weighted by Gasteiger charge is -2.39. The Hall–Kier alpha value is -6.31. The minimum Gasteiger partial charge on any atom is -0.493 e. The highest BCUT2D eigenvalue weighted by Crippen LogP contribution is 2.33. The first-order valence-corrected chi connectivity index (χ1v) is 23.7. The predicted octanol–water partition coefficient (Wildman–Crippen LogP) is 6.64. The molecule has 0 saturated carbocycles. The summed E-state index contributed by atoms with van der Waals surface area (Å²) in [6.45, 7) is 14.9. The number of carbonyl (C=O) groups excluding carboxylic acids is 5. The van der Waals surface area contributed by atoms with Crippen molar-refractivity contribution in [3.8, 4) is 22.6 Å². The Morgan fingerprint density at radius 3 is 2.24 bits per heavy atom. The molecule has 70 heavy (non-hydrogen) atoms. The number of carbonyl (C=O) groups is 5. The van der Waals surface area contributed by atoms with Crippen molar-refractivity contribution >= 4 is 43.2 Å². The molecule has 0 radical (unpaired) electrons. The van der Waals surface area contributed by atoms with E-state index in [0.29, 0.717) is 61.3 Å². The summed E-state index contributed by atoms with van der Waals surface area (Å²) < 4.78 is 32.1. The van der Waals surface area contributed by atoms with E-state index in [-0.39, 0.29) is 18.2 Å². The molecule has 388 valence electrons. The molecule has 2 aromatic carbocycles. The van der Waals surface area contributed by atoms with E-state index >= 15 is 0 Å². The van der Waals surface area contributed by atoms with Crippen LogP contribution in [0.5, 0.6) is 11.5 Å². The fourth-order valence-electron chi connectivity index (χ4n) is 7.35. The van der Waals surface area contributed by atoms with Gasteiger partial charge in [-0.2, -0.15) is 0 Å². The van der Waals surface area contributed by atoms with Gasteiger partial charge in [0.15, 0.2) is 30.4 Å². The number of ether oxygens (including phenoxy) is 5. The Balaban J connectivity index is 0.000000500. The van der Waals surface area contributed by atoms with E-state index in [1.165, 1.54) is 7.05 Å². The molecule has 0 spiro atoms. The highest BCUT2D eigenvalue weighted by atomic mass is 16.8. The van der Waals surface area contributed by atoms with Gasteiger partial charge in [0.25, 0.3) is 5.91 Å². The first kappa shape index (κ1) is 61.7. The average molecular weight is 977 g/mol. The quantitative estimate of drug-likeness (QED) is 0.0255. The third-order valence-corrected chi connectivity index (χ3v) is 10.8. The second kappa shape index (κ2) is 36.6. The Labute approximate surface area is 415 Å². The number of piperidine rings is 1. The number of likely N-dealkylation sites (tertiary alicyclic amines) is 1. The zero-order chi connectivity index (χ0) is 52.3. The highest BCUT2D eigenvalue weighted by Gasteiger charge is 2.33. The van der Waals surface area contributed by atoms with Crippen molar-refractivity contribution in [2.75, 3.05) is 71.3 Å². The topological polar surface area (TPSA) is 233 Å². The van der Waals surface area contributed by atoms with Gasteiger partial charge < -0.3 is 69.9 Å². The van der Waals surface area contributed by atoms with Crippen LogP contribution in [0.2, 0.25) is 0 Å². The number of benzene rings is 2. The van der Waals surface area contributed by atoms with Crippen molar-refractivity contribution in [1.29, 1.82) is 0 Å². The third-order valence-electron chi connectivity index (χ3n) is 10.8. The van der Waals surface area contributed by atoms with Crippen molar-refractivity contribution < 1.29 is 47.7 Å². The van der Waals surface area contributed by atoms with E-state index in [4.69, 9.17) is 34.2 Å². The summed E-state index contributed by atoms with van der Waals surface area (Å²) >= 11 is 0. The highest BCUT2D eigenvalue weighted by molar-refractivity contribution is 5.94. The van der Waals surface area contributed by atoms with Gasteiger partial charge in [-0.3, -0.25) is 19.2 Å². The molecule has 0 bridgehead atoms. The number of aryl methyl sites for hydroxylation is 4. The number of rotatable bonds is 21. The molecule has 2 saturated heterocycles. The first-order chi connectivity index (χ1) is 34.1. The minimum atomic E-state index is -0.429. The summed E-state index contributed by atoms with van der Waals surface area (Å²) in [7, 11) is 8.68. The molecule has 7 N–H and O–H groups in total. The number of hydrogen-bond acceptors (Lipinski definition) is 13. The van der Waals surface area contributed by atoms with Crippen LogP contribution in [0, 0.1) is 6.92 Å². The van der Waals surface area contributed by atoms with Gasteiger partial charge in [0.05, 0.1) is 32.1 Å². The lowest BCUT2D eigenvalue weighted by molar-refractivity contribution is -0.270. The second-order valence-electron chi connectivity index (χ2n) is 15.5. The van der Waals surface area contributed by atoms with Crippen molar-refractivity contribution in [3.05, 3.63) is 96.1 Å². The Morgan fingerprint density at radius 2 is 1.66 bits per heavy atom. The average Bonchev–Trinajstić information content (AvgIpc) is 3.99. The largest absolute Gasteiger partial charge is 0.493 e. The van der Waals surface area contributed by atoms with Crippen LogP contribution >= 0.6 is 0 Å². The summed E-state index contributed by atoms with van der Waals surface area (Å²) in [5.74, 6) is 1.12. The molecule has 3 unspecified atom stereocenters. The van der Waals surface area contributed by atoms with Gasteiger partial charge >= 0.3 is 0 Å². The molecule has 4 heterocycles. The molecule has 0 aliphatic carbocycles. The molecule has 2 aliphatic rings. The summed E-state index contributed by atoms with van der Waals surface area (Å²) in [4.78, 5) is 54.5. The van der Waals surface area contributed by atoms with Crippen molar-refractivity contribution in [2.45, 2.75) is 90.8 Å². The standard InChI is InChI=1S/C18H22N2O4.C15H20N4O.C15H25NO4.C2H6.CH5N.CH2O/c1-13-7-17(23-3)18(9-16(13)19-12-22)24-6-4-5-14-8-15(11-21)20(2)10-14;1-17-13-5-3-11(4-6-13)12-9-14(19(2)10-12)15(20)18-8-7-16;1-2-10-19-15(20-14-8-4-6-11-18-14)13-7-3-5-9-16(13)12-17;3*1-2/h7-12H,4-6H2,1-3H3,(H,19,22);3-6,9-10,17H,7-8,16H2,1-2H3,(H,18,20);2,12-15H,1,3-11H2;1-2H3;2H2,1H3;1H2. The van der Waals surface area contributed by atoms with Crippen LogP contribution in [0.1, 0.15) is 90.9 Å². The molecule has 4 aromatic rings. The summed E-state index contributed by atoms with van der Waals surface area (Å²) in [6, 6.07) is 15.4. The number of nitrogens with two attached hydrogens (primary N) is 2. The second-order valence-corrected chi connectivity index (χ2v) is 15.5. The van der Waals surface area contributed by atoms with E-state index in [2.05, 4.69) is 28.3 Å². The fraction of sp³-hybridized carbons (Fsp3) is 0.481. The first-order valence-electron chi connectivity index (χ1n) is 23.7. The predicted molar refractivity (Wildman–Crippen MR) is 277 cm³/mol. The maximum absolute atomic E-state index is 12.0. The molecular formula is C52H80N8O10. The molecule has 2 aliphatic heterocycles. The van der Waals surface area contributed by atoms with E-state index in [1.807, 2.05) is 113 Å². The number of methoxy groups -OCH3 is 1. The Bertz CT molecular complexity index is 2090. The molecule has 18 nitrogen and oxygen atoms in total. The zero-order valence-corrected chi connectivity index (χ0v) is 42.7. The van der Waals surface area contributed by atoms with Crippen molar-refractivity contribution in [1.82, 2.24) is 19.4 Å². The number of hydrogen-bond donors (Lipinski definition) is 5. The van der Waals surface area contributed by atoms with Crippen LogP contribution in [-0.4, -0.2) is 125 Å². The van der Waals surface area contributed by atoms with Gasteiger partial charge in [-0.15, -0.1) is 6.58 Å². The molecule has 18 heteroatoms. The number of aromatic nitrogens is 2. The zero-order valence-electron chi connectivity index (χ0n) is 42.7. The van der Waals surface area contributed by atoms with E-state index < -0.39 is 6.29 Å². The third kappa shape index (κ3) is 20.7. The van der Waals surface area contributed by atoms with E-state index in [1.54, 1.807) is 24.2 Å². The van der Waals surface area contributed by atoms with Crippen molar-refractivity contribution in [2.24, 2.45) is 25.6 Å². The van der Waals surface area contributed by atoms with Gasteiger partial charge in [0, 0.05) is 82.8 Å². The number of aldehydes is 1. The Kier molecular flexibility index (Phi) is 32.3. The molecule has 2 aromatic heterocycles. The van der Waals surface area contributed by atoms with Crippen LogP contribution in [0.15, 0.2) is 73.6 Å². The summed E-state index contributed by atoms with van der Waals surface area (Å²) in [5.41, 5.74) is 17.0. The van der Waals surface area contributed by atoms with Gasteiger partial charge in [-0.05, 0) is 112 Å². The minimum absolute atomic E-state index is 0.0215. The van der Waals surface area contributed by atoms with Crippen LogP contribution in [0.25, 0.3) is 11.1 Å². The smallest absolute Gasteiger partial charge is 0.267 e. The summed E-state index contributed by atoms with van der Waals surface area (Å²) in [6.07, 6.45) is 15.1. The van der Waals surface area contributed by atoms with E-state index in [0.717, 1.165) is 105 Å². The number of anilines is 2. The lowest BCUT2D eigenvalue weighted by atomic mass is 10.0. The normalized spacial score (nSPS) is 15.0. The number of nitrogens with zero attached hydrogens (tertiary/aromatic N) is 3. The summed E-state index contributed by atoms with van der Waals surface area (Å²) in [5, 5.41) is 8.51. The molecular weight excluding hydrogens is 897 g/mol. The maximum Gasteiger partial charge on any atom is 0.267 e. The monoisotopic (exact) mass is 977 g/mol. The lowest BCUT2D eigenvalue weighted by Crippen LogP contribution is -2.49. The molecule has 2 fully saturated rings. The molecule has 3 atom stereocenters. The fourth-order valence-corrected chi connectivity index (χ4v) is 7.35. The van der Waals surface area contributed by atoms with Crippen LogP contribution in [0.4, 0.5) is 11.4 Å². The van der Waals surface area contributed by atoms with Crippen LogP contribution in [0.3, 0.4) is 0 Å². The van der Waals surface area contributed by atoms with Gasteiger partial charge in [-0.1, -0.05) is 32.1 Å². The molecule has 3 amide bonds. The number of nitrogens with one attached hydrogen (secondary N) is 3. The van der Waals surface area contributed by atoms with Gasteiger partial charge in [0.1, 0.15) is 12.5 Å². The van der Waals surface area contributed by atoms with Crippen molar-refractivity contribution in [3.63, 3.8) is 0 Å². The van der Waals surface area contributed by atoms with E-state index in [9.17, 15) is 19.2 Å². The van der Waals surface area contributed by atoms with Gasteiger partial charge in [0.2, 0.25) is 12.8 Å². The Morgan fingerprint density at radius 1 is 0.943 bits per heavy atom. The number of amides is 3. The molecule has 6 rings (SSSR count). The maximum atomic E-state index is 12.0.